The van der Waals surface area contributed by atoms with Crippen molar-refractivity contribution in [3.63, 3.8) is 0 Å². The Morgan fingerprint density at radius 2 is 1.44 bits per heavy atom. The number of nitrogens with zero attached hydrogens (tertiary/aromatic N) is 1. The Kier molecular flexibility index (Phi) is 8.52. The van der Waals surface area contributed by atoms with Gasteiger partial charge in [-0.15, -0.1) is 11.3 Å². The summed E-state index contributed by atoms with van der Waals surface area (Å²) in [5.41, 5.74) is 3.36. The molecule has 0 saturated carbocycles. The Morgan fingerprint density at radius 1 is 0.780 bits per heavy atom. The van der Waals surface area contributed by atoms with E-state index in [1.165, 1.54) is 16.9 Å². The summed E-state index contributed by atoms with van der Waals surface area (Å²) in [5.74, 6) is 1.80. The van der Waals surface area contributed by atoms with Gasteiger partial charge < -0.3 is 24.4 Å². The van der Waals surface area contributed by atoms with Crippen LogP contribution in [0.1, 0.15) is 21.5 Å². The Morgan fingerprint density at radius 3 is 2.15 bits per heavy atom. The van der Waals surface area contributed by atoms with E-state index in [1.54, 1.807) is 51.7 Å². The molecule has 41 heavy (non-hydrogen) atoms. The molecule has 0 radical (unpaired) electrons. The molecule has 0 aliphatic rings. The van der Waals surface area contributed by atoms with Gasteiger partial charge in [0, 0.05) is 29.5 Å². The number of hydrogen-bond acceptors (Lipinski definition) is 7. The van der Waals surface area contributed by atoms with Gasteiger partial charge in [0.1, 0.15) is 5.75 Å². The number of hydrogen-bond donors (Lipinski definition) is 1. The maximum atomic E-state index is 13.3. The molecule has 0 unspecified atom stereocenters. The van der Waals surface area contributed by atoms with Gasteiger partial charge in [-0.1, -0.05) is 30.3 Å². The van der Waals surface area contributed by atoms with Crippen molar-refractivity contribution in [2.24, 2.45) is 0 Å². The monoisotopic (exact) mass is 568 g/mol. The fraction of sp³-hybridized carbons (Fsp3) is 0.212. The standard InChI is InChI=1S/C33H32N2O5S/c1-35(20-22-13-16-27(38-2)29(19-22)40-4)18-17-21-11-14-23(15-12-21)34-33(37)26-9-5-7-24-30(36)25-8-6-10-28(39-3)32(25)41-31(24)26/h5-16,19H,17-18,20H2,1-4H3,(H,34,37). The molecule has 1 aromatic heterocycles. The van der Waals surface area contributed by atoms with Gasteiger partial charge >= 0.3 is 0 Å². The second-order valence-electron chi connectivity index (χ2n) is 9.78. The van der Waals surface area contributed by atoms with Crippen molar-refractivity contribution < 1.29 is 19.0 Å². The highest BCUT2D eigenvalue weighted by molar-refractivity contribution is 7.25. The molecule has 5 rings (SSSR count). The van der Waals surface area contributed by atoms with Crippen molar-refractivity contribution >= 4 is 43.1 Å². The van der Waals surface area contributed by atoms with E-state index in [2.05, 4.69) is 17.3 Å². The molecule has 0 saturated heterocycles. The zero-order valence-corrected chi connectivity index (χ0v) is 24.3. The quantitative estimate of drug-likeness (QED) is 0.197. The highest BCUT2D eigenvalue weighted by atomic mass is 32.1. The lowest BCUT2D eigenvalue weighted by molar-refractivity contribution is 0.102. The van der Waals surface area contributed by atoms with Crippen LogP contribution in [0.2, 0.25) is 0 Å². The second kappa shape index (κ2) is 12.4. The summed E-state index contributed by atoms with van der Waals surface area (Å²) >= 11 is 1.39. The number of ether oxygens (including phenoxy) is 3. The first-order valence-electron chi connectivity index (χ1n) is 13.2. The molecule has 0 aliphatic carbocycles. The van der Waals surface area contributed by atoms with Crippen molar-refractivity contribution in [3.8, 4) is 17.2 Å². The Hall–Kier alpha value is -4.40. The Balaban J connectivity index is 1.26. The van der Waals surface area contributed by atoms with Crippen molar-refractivity contribution in [1.82, 2.24) is 4.90 Å². The summed E-state index contributed by atoms with van der Waals surface area (Å²) in [6, 6.07) is 24.5. The molecule has 0 spiro atoms. The predicted molar refractivity (Wildman–Crippen MR) is 166 cm³/mol. The van der Waals surface area contributed by atoms with Crippen LogP contribution in [0.3, 0.4) is 0 Å². The number of anilines is 1. The lowest BCUT2D eigenvalue weighted by Gasteiger charge is -2.18. The summed E-state index contributed by atoms with van der Waals surface area (Å²) in [6.45, 7) is 1.65. The van der Waals surface area contributed by atoms with Crippen LogP contribution in [0.15, 0.2) is 83.7 Å². The normalized spacial score (nSPS) is 11.1. The van der Waals surface area contributed by atoms with Crippen LogP contribution in [-0.2, 0) is 13.0 Å². The number of fused-ring (bicyclic) bond motifs is 2. The summed E-state index contributed by atoms with van der Waals surface area (Å²) in [7, 11) is 6.94. The predicted octanol–water partition coefficient (Wildman–Crippen LogP) is 6.37. The second-order valence-corrected chi connectivity index (χ2v) is 10.8. The van der Waals surface area contributed by atoms with E-state index in [9.17, 15) is 9.59 Å². The first-order valence-corrected chi connectivity index (χ1v) is 14.1. The Bertz CT molecular complexity index is 1760. The van der Waals surface area contributed by atoms with Gasteiger partial charge in [-0.2, -0.15) is 0 Å². The lowest BCUT2D eigenvalue weighted by Crippen LogP contribution is -2.20. The van der Waals surface area contributed by atoms with Crippen molar-refractivity contribution in [2.45, 2.75) is 13.0 Å². The highest BCUT2D eigenvalue weighted by Crippen LogP contribution is 2.33. The van der Waals surface area contributed by atoms with E-state index in [-0.39, 0.29) is 11.3 Å². The highest BCUT2D eigenvalue weighted by Gasteiger charge is 2.16. The number of rotatable bonds is 10. The third kappa shape index (κ3) is 6.04. The minimum atomic E-state index is -0.261. The number of nitrogens with one attached hydrogen (secondary N) is 1. The molecule has 4 aromatic carbocycles. The molecule has 1 heterocycles. The van der Waals surface area contributed by atoms with E-state index in [4.69, 9.17) is 14.2 Å². The number of carbonyl (C=O) groups is 1. The van der Waals surface area contributed by atoms with Gasteiger partial charge in [0.05, 0.1) is 36.3 Å². The molecule has 0 fully saturated rings. The fourth-order valence-corrected chi connectivity index (χ4v) is 6.12. The summed E-state index contributed by atoms with van der Waals surface area (Å²) in [4.78, 5) is 28.8. The van der Waals surface area contributed by atoms with E-state index in [0.717, 1.165) is 41.3 Å². The minimum absolute atomic E-state index is 0.109. The van der Waals surface area contributed by atoms with Crippen LogP contribution >= 0.6 is 11.3 Å². The van der Waals surface area contributed by atoms with Crippen LogP contribution in [0.25, 0.3) is 20.2 Å². The fourth-order valence-electron chi connectivity index (χ4n) is 4.86. The van der Waals surface area contributed by atoms with Gasteiger partial charge in [0.2, 0.25) is 0 Å². The zero-order chi connectivity index (χ0) is 28.9. The lowest BCUT2D eigenvalue weighted by atomic mass is 10.1. The van der Waals surface area contributed by atoms with Crippen molar-refractivity contribution in [3.05, 3.63) is 106 Å². The maximum absolute atomic E-state index is 13.3. The molecule has 0 bridgehead atoms. The first-order chi connectivity index (χ1) is 19.9. The van der Waals surface area contributed by atoms with E-state index >= 15 is 0 Å². The molecule has 1 N–H and O–H groups in total. The smallest absolute Gasteiger partial charge is 0.257 e. The number of likely N-dealkylation sites (N-methyl/N-ethyl adjacent to an activating group) is 1. The summed E-state index contributed by atoms with van der Waals surface area (Å²) in [5, 5.41) is 4.10. The number of amides is 1. The number of benzene rings is 4. The van der Waals surface area contributed by atoms with Gasteiger partial charge in [0.25, 0.3) is 5.91 Å². The van der Waals surface area contributed by atoms with Gasteiger partial charge in [-0.3, -0.25) is 9.59 Å². The van der Waals surface area contributed by atoms with Crippen molar-refractivity contribution in [2.75, 3.05) is 40.2 Å². The average Bonchev–Trinajstić information content (AvgIpc) is 3.00. The van der Waals surface area contributed by atoms with Gasteiger partial charge in [-0.05, 0) is 73.1 Å². The van der Waals surface area contributed by atoms with Crippen LogP contribution in [0, 0.1) is 0 Å². The molecule has 7 nitrogen and oxygen atoms in total. The SMILES string of the molecule is COc1ccc(CN(C)CCc2ccc(NC(=O)c3cccc4c(=O)c5cccc(OC)c5sc34)cc2)cc1OC. The molecule has 1 amide bonds. The molecule has 8 heteroatoms. The average molecular weight is 569 g/mol. The maximum Gasteiger partial charge on any atom is 0.257 e. The third-order valence-corrected chi connectivity index (χ3v) is 8.32. The topological polar surface area (TPSA) is 77.1 Å². The summed E-state index contributed by atoms with van der Waals surface area (Å²) in [6.07, 6.45) is 0.865. The van der Waals surface area contributed by atoms with Gasteiger partial charge in [-0.25, -0.2) is 0 Å². The van der Waals surface area contributed by atoms with E-state index in [1.807, 2.05) is 48.5 Å². The molecule has 210 valence electrons. The Labute approximate surface area is 242 Å². The molecular weight excluding hydrogens is 536 g/mol. The van der Waals surface area contributed by atoms with Crippen LogP contribution in [-0.4, -0.2) is 45.7 Å². The molecule has 0 atom stereocenters. The first kappa shape index (κ1) is 28.1. The molecule has 0 aliphatic heterocycles. The number of carbonyl (C=O) groups excluding carboxylic acids is 1. The third-order valence-electron chi connectivity index (χ3n) is 7.05. The minimum Gasteiger partial charge on any atom is -0.495 e. The summed E-state index contributed by atoms with van der Waals surface area (Å²) < 4.78 is 17.6. The van der Waals surface area contributed by atoms with Crippen LogP contribution < -0.4 is 25.0 Å². The largest absolute Gasteiger partial charge is 0.495 e. The zero-order valence-electron chi connectivity index (χ0n) is 23.5. The number of methoxy groups -OCH3 is 3. The van der Waals surface area contributed by atoms with Crippen LogP contribution in [0.4, 0.5) is 5.69 Å². The molecule has 5 aromatic rings. The van der Waals surface area contributed by atoms with Crippen LogP contribution in [0.5, 0.6) is 17.2 Å². The van der Waals surface area contributed by atoms with E-state index < -0.39 is 0 Å². The van der Waals surface area contributed by atoms with Gasteiger partial charge in [0.15, 0.2) is 16.9 Å². The van der Waals surface area contributed by atoms with E-state index in [0.29, 0.717) is 32.5 Å². The molecular formula is C33H32N2O5S. The van der Waals surface area contributed by atoms with Crippen molar-refractivity contribution in [1.29, 1.82) is 0 Å².